The second-order valence-electron chi connectivity index (χ2n) is 5.70. The van der Waals surface area contributed by atoms with Crippen LogP contribution in [0.4, 0.5) is 5.69 Å². The Morgan fingerprint density at radius 2 is 2.08 bits per heavy atom. The average Bonchev–Trinajstić information content (AvgIpc) is 3.05. The van der Waals surface area contributed by atoms with Crippen molar-refractivity contribution < 1.29 is 17.6 Å². The van der Waals surface area contributed by atoms with Crippen molar-refractivity contribution in [3.63, 3.8) is 0 Å². The van der Waals surface area contributed by atoms with E-state index in [1.165, 1.54) is 19.2 Å². The van der Waals surface area contributed by atoms with Gasteiger partial charge in [-0.15, -0.1) is 0 Å². The van der Waals surface area contributed by atoms with Crippen molar-refractivity contribution in [3.05, 3.63) is 47.2 Å². The van der Waals surface area contributed by atoms with Gasteiger partial charge in [0.05, 0.1) is 6.04 Å². The van der Waals surface area contributed by atoms with Gasteiger partial charge in [0.25, 0.3) is 15.9 Å². The number of rotatable bonds is 4. The molecule has 1 aliphatic rings. The van der Waals surface area contributed by atoms with Crippen LogP contribution in [0.2, 0.25) is 0 Å². The van der Waals surface area contributed by atoms with E-state index in [4.69, 9.17) is 10.2 Å². The Balaban J connectivity index is 1.79. The van der Waals surface area contributed by atoms with Crippen molar-refractivity contribution in [3.8, 4) is 0 Å². The molecule has 0 radical (unpaired) electrons. The van der Waals surface area contributed by atoms with Crippen LogP contribution in [-0.4, -0.2) is 21.4 Å². The Labute approximate surface area is 140 Å². The zero-order valence-electron chi connectivity index (χ0n) is 13.2. The van der Waals surface area contributed by atoms with Gasteiger partial charge in [-0.1, -0.05) is 6.07 Å². The van der Waals surface area contributed by atoms with Gasteiger partial charge in [0.15, 0.2) is 5.76 Å². The smallest absolute Gasteiger partial charge is 0.287 e. The molecule has 1 aliphatic carbocycles. The molecular formula is C16H19N3O4S. The number of carbonyl (C=O) groups excluding carboxylic acids is 1. The maximum absolute atomic E-state index is 12.4. The van der Waals surface area contributed by atoms with Crippen molar-refractivity contribution in [2.45, 2.75) is 30.4 Å². The number of hydrogen-bond donors (Lipinski definition) is 3. The van der Waals surface area contributed by atoms with E-state index in [2.05, 4.69) is 10.0 Å². The molecular weight excluding hydrogens is 330 g/mol. The number of aryl methyl sites for hydroxylation is 1. The first-order chi connectivity index (χ1) is 11.4. The van der Waals surface area contributed by atoms with E-state index in [1.54, 1.807) is 0 Å². The minimum atomic E-state index is -3.71. The van der Waals surface area contributed by atoms with Gasteiger partial charge < -0.3 is 15.5 Å². The average molecular weight is 349 g/mol. The zero-order valence-corrected chi connectivity index (χ0v) is 14.0. The quantitative estimate of drug-likeness (QED) is 0.725. The Bertz CT molecular complexity index is 873. The highest BCUT2D eigenvalue weighted by atomic mass is 32.2. The Morgan fingerprint density at radius 1 is 1.29 bits per heavy atom. The fraction of sp³-hybridized carbons (Fsp3) is 0.312. The van der Waals surface area contributed by atoms with Crippen molar-refractivity contribution in [2.24, 2.45) is 0 Å². The van der Waals surface area contributed by atoms with Crippen LogP contribution in [0.3, 0.4) is 0 Å². The molecule has 1 aromatic heterocycles. The lowest BCUT2D eigenvalue weighted by molar-refractivity contribution is 0.0899. The number of benzene rings is 1. The van der Waals surface area contributed by atoms with Crippen LogP contribution in [0, 0.1) is 0 Å². The standard InChI is InChI=1S/C16H19N3O4S/c1-18-24(21,22)15-8-7-14(23-15)16(20)19-13-4-2-3-10-9-11(17)5-6-12(10)13/h5-9,13,18H,2-4,17H2,1H3,(H,19,20). The molecule has 0 saturated heterocycles. The molecule has 0 saturated carbocycles. The Morgan fingerprint density at radius 3 is 2.83 bits per heavy atom. The van der Waals surface area contributed by atoms with Crippen LogP contribution in [0.15, 0.2) is 39.8 Å². The highest BCUT2D eigenvalue weighted by Crippen LogP contribution is 2.31. The normalized spacial score (nSPS) is 17.3. The monoisotopic (exact) mass is 349 g/mol. The van der Waals surface area contributed by atoms with Gasteiger partial charge >= 0.3 is 0 Å². The number of hydrogen-bond acceptors (Lipinski definition) is 5. The van der Waals surface area contributed by atoms with E-state index >= 15 is 0 Å². The van der Waals surface area contributed by atoms with Crippen LogP contribution < -0.4 is 15.8 Å². The highest BCUT2D eigenvalue weighted by molar-refractivity contribution is 7.89. The van der Waals surface area contributed by atoms with E-state index < -0.39 is 15.9 Å². The van der Waals surface area contributed by atoms with E-state index in [9.17, 15) is 13.2 Å². The number of nitrogens with two attached hydrogens (primary N) is 1. The third kappa shape index (κ3) is 3.15. The fourth-order valence-electron chi connectivity index (χ4n) is 2.90. The molecule has 0 fully saturated rings. The van der Waals surface area contributed by atoms with E-state index in [0.717, 1.165) is 30.4 Å². The second-order valence-corrected chi connectivity index (χ2v) is 7.52. The number of fused-ring (bicyclic) bond motifs is 1. The first kappa shape index (κ1) is 16.5. The molecule has 1 unspecified atom stereocenters. The summed E-state index contributed by atoms with van der Waals surface area (Å²) in [5.41, 5.74) is 8.68. The minimum absolute atomic E-state index is 0.0357. The first-order valence-corrected chi connectivity index (χ1v) is 9.11. The summed E-state index contributed by atoms with van der Waals surface area (Å²) in [7, 11) is -2.43. The van der Waals surface area contributed by atoms with Crippen molar-refractivity contribution >= 4 is 21.6 Å². The summed E-state index contributed by atoms with van der Waals surface area (Å²) in [6, 6.07) is 8.14. The molecule has 128 valence electrons. The summed E-state index contributed by atoms with van der Waals surface area (Å²) in [4.78, 5) is 12.4. The van der Waals surface area contributed by atoms with Gasteiger partial charge in [-0.25, -0.2) is 13.1 Å². The number of nitrogen functional groups attached to an aromatic ring is 1. The largest absolute Gasteiger partial charge is 0.438 e. The van der Waals surface area contributed by atoms with Crippen molar-refractivity contribution in [1.29, 1.82) is 0 Å². The SMILES string of the molecule is CNS(=O)(=O)c1ccc(C(=O)NC2CCCc3cc(N)ccc32)o1. The summed E-state index contributed by atoms with van der Waals surface area (Å²) in [5.74, 6) is -0.478. The van der Waals surface area contributed by atoms with Gasteiger partial charge in [-0.05, 0) is 61.7 Å². The predicted molar refractivity (Wildman–Crippen MR) is 89.0 cm³/mol. The molecule has 1 atom stereocenters. The van der Waals surface area contributed by atoms with E-state index in [-0.39, 0.29) is 16.9 Å². The number of amides is 1. The molecule has 3 rings (SSSR count). The number of nitrogens with one attached hydrogen (secondary N) is 2. The molecule has 8 heteroatoms. The van der Waals surface area contributed by atoms with E-state index in [1.807, 2.05) is 18.2 Å². The summed E-state index contributed by atoms with van der Waals surface area (Å²) < 4.78 is 30.7. The molecule has 0 bridgehead atoms. The van der Waals surface area contributed by atoms with Gasteiger partial charge in [-0.2, -0.15) is 0 Å². The molecule has 1 amide bonds. The minimum Gasteiger partial charge on any atom is -0.438 e. The number of carbonyl (C=O) groups is 1. The lowest BCUT2D eigenvalue weighted by Gasteiger charge is -2.26. The zero-order chi connectivity index (χ0) is 17.3. The molecule has 7 nitrogen and oxygen atoms in total. The van der Waals surface area contributed by atoms with Crippen LogP contribution in [-0.2, 0) is 16.4 Å². The van der Waals surface area contributed by atoms with E-state index in [0.29, 0.717) is 5.69 Å². The number of sulfonamides is 1. The lowest BCUT2D eigenvalue weighted by atomic mass is 9.87. The van der Waals surface area contributed by atoms with Crippen LogP contribution in [0.5, 0.6) is 0 Å². The highest BCUT2D eigenvalue weighted by Gasteiger charge is 2.25. The maximum Gasteiger partial charge on any atom is 0.287 e. The molecule has 2 aromatic rings. The topological polar surface area (TPSA) is 114 Å². The molecule has 24 heavy (non-hydrogen) atoms. The first-order valence-electron chi connectivity index (χ1n) is 7.63. The molecule has 1 heterocycles. The van der Waals surface area contributed by atoms with Gasteiger partial charge in [-0.3, -0.25) is 4.79 Å². The molecule has 1 aromatic carbocycles. The molecule has 4 N–H and O–H groups in total. The fourth-order valence-corrected chi connectivity index (χ4v) is 3.55. The summed E-state index contributed by atoms with van der Waals surface area (Å²) in [6.45, 7) is 0. The summed E-state index contributed by atoms with van der Waals surface area (Å²) in [6.07, 6.45) is 2.68. The number of anilines is 1. The third-order valence-corrected chi connectivity index (χ3v) is 5.41. The van der Waals surface area contributed by atoms with Gasteiger partial charge in [0, 0.05) is 5.69 Å². The van der Waals surface area contributed by atoms with Crippen LogP contribution in [0.1, 0.15) is 40.6 Å². The van der Waals surface area contributed by atoms with Gasteiger partial charge in [0.1, 0.15) is 0 Å². The van der Waals surface area contributed by atoms with Crippen molar-refractivity contribution in [2.75, 3.05) is 12.8 Å². The predicted octanol–water partition coefficient (Wildman–Crippen LogP) is 1.58. The summed E-state index contributed by atoms with van der Waals surface area (Å²) in [5, 5.41) is 2.62. The third-order valence-electron chi connectivity index (χ3n) is 4.13. The molecule has 0 aliphatic heterocycles. The maximum atomic E-state index is 12.4. The molecule has 0 spiro atoms. The van der Waals surface area contributed by atoms with Crippen LogP contribution in [0.25, 0.3) is 0 Å². The second kappa shape index (κ2) is 6.29. The van der Waals surface area contributed by atoms with Crippen LogP contribution >= 0.6 is 0 Å². The Kier molecular flexibility index (Phi) is 4.33. The lowest BCUT2D eigenvalue weighted by Crippen LogP contribution is -2.30. The Hall–Kier alpha value is -2.32. The van der Waals surface area contributed by atoms with Crippen molar-refractivity contribution in [1.82, 2.24) is 10.0 Å². The van der Waals surface area contributed by atoms with Gasteiger partial charge in [0.2, 0.25) is 5.09 Å². The number of furan rings is 1. The summed E-state index contributed by atoms with van der Waals surface area (Å²) >= 11 is 0.